The van der Waals surface area contributed by atoms with E-state index in [9.17, 15) is 33.4 Å². The van der Waals surface area contributed by atoms with Crippen molar-refractivity contribution in [2.45, 2.75) is 16.0 Å². The lowest BCUT2D eigenvalue weighted by molar-refractivity contribution is -0.400. The van der Waals surface area contributed by atoms with Crippen LogP contribution >= 0.6 is 58.2 Å². The lowest BCUT2D eigenvalue weighted by Gasteiger charge is -2.13. The molecule has 0 fully saturated rings. The third kappa shape index (κ3) is 4.52. The second-order valence-corrected chi connectivity index (χ2v) is 7.40. The molecule has 0 aliphatic rings. The highest BCUT2D eigenvalue weighted by molar-refractivity contribution is 7.99. The van der Waals surface area contributed by atoms with E-state index >= 15 is 0 Å². The van der Waals surface area contributed by atoms with Crippen LogP contribution in [0.5, 0.6) is 0 Å². The smallest absolute Gasteiger partial charge is 0.258 e. The average Bonchev–Trinajstić information content (AvgIpc) is 2.50. The third-order valence-corrected chi connectivity index (χ3v) is 5.74. The van der Waals surface area contributed by atoms with Gasteiger partial charge in [0.25, 0.3) is 5.69 Å². The molecule has 0 bridgehead atoms. The van der Waals surface area contributed by atoms with Crippen LogP contribution in [0, 0.1) is 20.2 Å². The molecule has 0 unspecified atom stereocenters. The fourth-order valence-electron chi connectivity index (χ4n) is 1.91. The van der Waals surface area contributed by atoms with Gasteiger partial charge in [0.15, 0.2) is 4.90 Å². The summed E-state index contributed by atoms with van der Waals surface area (Å²) < 4.78 is 39.2. The molecular formula is C13H3Cl4F3N2O4S. The van der Waals surface area contributed by atoms with Gasteiger partial charge >= 0.3 is 11.9 Å². The highest BCUT2D eigenvalue weighted by Gasteiger charge is 2.42. The third-order valence-electron chi connectivity index (χ3n) is 3.04. The van der Waals surface area contributed by atoms with Gasteiger partial charge in [-0.25, -0.2) is 0 Å². The van der Waals surface area contributed by atoms with E-state index in [4.69, 9.17) is 46.4 Å². The molecule has 0 N–H and O–H groups in total. The van der Waals surface area contributed by atoms with Crippen LogP contribution in [0.1, 0.15) is 5.56 Å². The van der Waals surface area contributed by atoms with E-state index in [1.54, 1.807) is 0 Å². The summed E-state index contributed by atoms with van der Waals surface area (Å²) in [6.45, 7) is 0. The van der Waals surface area contributed by atoms with Crippen molar-refractivity contribution in [2.75, 3.05) is 0 Å². The molecule has 0 aliphatic heterocycles. The summed E-state index contributed by atoms with van der Waals surface area (Å²) in [6, 6.07) is 2.47. The standard InChI is InChI=1S/C13H3Cl4F3N2O4S/c14-5-2-7(16)9(3-6(5)15)27-12-8(21(23)24)1-4(13(18,19)20)10(17)11(12)22(25)26/h1-3H. The number of rotatable bonds is 4. The highest BCUT2D eigenvalue weighted by atomic mass is 35.5. The lowest BCUT2D eigenvalue weighted by atomic mass is 10.1. The van der Waals surface area contributed by atoms with Crippen molar-refractivity contribution in [1.82, 2.24) is 0 Å². The van der Waals surface area contributed by atoms with Gasteiger partial charge in [-0.15, -0.1) is 0 Å². The first kappa shape index (κ1) is 21.8. The van der Waals surface area contributed by atoms with Crippen LogP contribution in [0.25, 0.3) is 0 Å². The minimum atomic E-state index is -5.14. The van der Waals surface area contributed by atoms with Crippen molar-refractivity contribution >= 4 is 69.5 Å². The zero-order valence-corrected chi connectivity index (χ0v) is 16.2. The molecule has 0 spiro atoms. The van der Waals surface area contributed by atoms with Crippen LogP contribution in [-0.4, -0.2) is 9.85 Å². The number of benzene rings is 2. The molecule has 144 valence electrons. The van der Waals surface area contributed by atoms with Crippen molar-refractivity contribution in [1.29, 1.82) is 0 Å². The molecule has 0 saturated heterocycles. The maximum Gasteiger partial charge on any atom is 0.418 e. The van der Waals surface area contributed by atoms with Crippen LogP contribution in [-0.2, 0) is 6.18 Å². The largest absolute Gasteiger partial charge is 0.418 e. The Bertz CT molecular complexity index is 972. The second kappa shape index (κ2) is 7.88. The van der Waals surface area contributed by atoms with Crippen LogP contribution in [0.4, 0.5) is 24.5 Å². The number of hydrogen-bond acceptors (Lipinski definition) is 5. The fraction of sp³-hybridized carbons (Fsp3) is 0.0769. The Morgan fingerprint density at radius 2 is 1.44 bits per heavy atom. The molecule has 0 aliphatic carbocycles. The molecule has 2 rings (SSSR count). The van der Waals surface area contributed by atoms with Crippen LogP contribution in [0.2, 0.25) is 20.1 Å². The molecule has 0 radical (unpaired) electrons. The van der Waals surface area contributed by atoms with Gasteiger partial charge in [0.1, 0.15) is 5.02 Å². The van der Waals surface area contributed by atoms with Gasteiger partial charge in [-0.05, 0) is 12.1 Å². The molecule has 0 aromatic heterocycles. The first-order valence-electron chi connectivity index (χ1n) is 6.39. The molecule has 14 heteroatoms. The van der Waals surface area contributed by atoms with E-state index in [1.807, 2.05) is 0 Å². The average molecular weight is 482 g/mol. The molecule has 27 heavy (non-hydrogen) atoms. The number of nitro groups is 2. The lowest BCUT2D eigenvalue weighted by Crippen LogP contribution is -2.10. The molecule has 0 atom stereocenters. The highest BCUT2D eigenvalue weighted by Crippen LogP contribution is 2.51. The number of hydrogen-bond donors (Lipinski definition) is 0. The molecule has 6 nitrogen and oxygen atoms in total. The summed E-state index contributed by atoms with van der Waals surface area (Å²) in [7, 11) is 0. The Labute approximate surface area is 172 Å². The quantitative estimate of drug-likeness (QED) is 0.260. The molecule has 2 aromatic carbocycles. The van der Waals surface area contributed by atoms with Gasteiger partial charge in [-0.1, -0.05) is 58.2 Å². The van der Waals surface area contributed by atoms with E-state index < -0.39 is 42.9 Å². The maximum atomic E-state index is 13.1. The van der Waals surface area contributed by atoms with Crippen molar-refractivity contribution in [2.24, 2.45) is 0 Å². The van der Waals surface area contributed by atoms with Crippen molar-refractivity contribution in [3.63, 3.8) is 0 Å². The normalized spacial score (nSPS) is 11.5. The molecule has 0 saturated carbocycles. The van der Waals surface area contributed by atoms with Crippen LogP contribution in [0.15, 0.2) is 28.0 Å². The Balaban J connectivity index is 2.82. The maximum absolute atomic E-state index is 13.1. The topological polar surface area (TPSA) is 86.3 Å². The van der Waals surface area contributed by atoms with E-state index in [0.717, 1.165) is 6.07 Å². The summed E-state index contributed by atoms with van der Waals surface area (Å²) in [5.74, 6) is 0. The first-order valence-corrected chi connectivity index (χ1v) is 8.72. The second-order valence-electron chi connectivity index (χ2n) is 4.75. The van der Waals surface area contributed by atoms with Gasteiger partial charge in [-0.2, -0.15) is 13.2 Å². The van der Waals surface area contributed by atoms with E-state index in [0.29, 0.717) is 11.8 Å². The minimum Gasteiger partial charge on any atom is -0.258 e. The molecule has 0 amide bonds. The van der Waals surface area contributed by atoms with Crippen molar-refractivity contribution < 1.29 is 23.0 Å². The van der Waals surface area contributed by atoms with Gasteiger partial charge in [0.2, 0.25) is 0 Å². The molecule has 2 aromatic rings. The Kier molecular flexibility index (Phi) is 6.37. The Morgan fingerprint density at radius 1 is 0.889 bits per heavy atom. The molecular weight excluding hydrogens is 479 g/mol. The monoisotopic (exact) mass is 480 g/mol. The number of alkyl halides is 3. The number of nitro benzene ring substituents is 2. The zero-order valence-electron chi connectivity index (χ0n) is 12.3. The molecule has 0 heterocycles. The minimum absolute atomic E-state index is 0.00640. The SMILES string of the molecule is O=[N+]([O-])c1cc(C(F)(F)F)c(Cl)c([N+](=O)[O-])c1Sc1cc(Cl)c(Cl)cc1Cl. The Hall–Kier alpha value is -1.46. The Morgan fingerprint density at radius 3 is 1.93 bits per heavy atom. The summed E-state index contributed by atoms with van der Waals surface area (Å²) in [5.41, 5.74) is -4.14. The van der Waals surface area contributed by atoms with Gasteiger partial charge in [-0.3, -0.25) is 20.2 Å². The number of nitrogens with zero attached hydrogens (tertiary/aromatic N) is 2. The van der Waals surface area contributed by atoms with Crippen molar-refractivity contribution in [3.8, 4) is 0 Å². The summed E-state index contributed by atoms with van der Waals surface area (Å²) >= 11 is 23.5. The van der Waals surface area contributed by atoms with E-state index in [2.05, 4.69) is 0 Å². The summed E-state index contributed by atoms with van der Waals surface area (Å²) in [5, 5.41) is 21.3. The van der Waals surface area contributed by atoms with Gasteiger partial charge in [0, 0.05) is 11.0 Å². The first-order chi connectivity index (χ1) is 12.3. The van der Waals surface area contributed by atoms with Gasteiger partial charge < -0.3 is 0 Å². The predicted molar refractivity (Wildman–Crippen MR) is 95.4 cm³/mol. The van der Waals surface area contributed by atoms with Crippen molar-refractivity contribution in [3.05, 3.63) is 64.1 Å². The number of halogens is 7. The van der Waals surface area contributed by atoms with Gasteiger partial charge in [0.05, 0.1) is 30.5 Å². The summed E-state index contributed by atoms with van der Waals surface area (Å²) in [6.07, 6.45) is -5.14. The van der Waals surface area contributed by atoms with Crippen LogP contribution in [0.3, 0.4) is 0 Å². The predicted octanol–water partition coefficient (Wildman–Crippen LogP) is 7.29. The van der Waals surface area contributed by atoms with E-state index in [1.165, 1.54) is 6.07 Å². The summed E-state index contributed by atoms with van der Waals surface area (Å²) in [4.78, 5) is 19.4. The van der Waals surface area contributed by atoms with Crippen LogP contribution < -0.4 is 0 Å². The zero-order chi connectivity index (χ0) is 20.7. The van der Waals surface area contributed by atoms with E-state index in [-0.39, 0.29) is 26.0 Å². The fourth-order valence-corrected chi connectivity index (χ4v) is 4.09.